The lowest BCUT2D eigenvalue weighted by atomic mass is 10.0. The molecule has 1 aliphatic heterocycles. The van der Waals surface area contributed by atoms with E-state index in [4.69, 9.17) is 4.74 Å². The Labute approximate surface area is 161 Å². The Balaban J connectivity index is 2.10. The molecule has 0 saturated carbocycles. The van der Waals surface area contributed by atoms with E-state index in [9.17, 15) is 9.59 Å². The van der Waals surface area contributed by atoms with Crippen LogP contribution in [0.15, 0.2) is 29.9 Å². The number of amides is 2. The molecule has 4 nitrogen and oxygen atoms in total. The average Bonchev–Trinajstić information content (AvgIpc) is 2.66. The zero-order valence-corrected chi connectivity index (χ0v) is 16.6. The summed E-state index contributed by atoms with van der Waals surface area (Å²) in [7, 11) is 1.63. The average molecular weight is 365 g/mol. The summed E-state index contributed by atoms with van der Waals surface area (Å²) in [6.07, 6.45) is 8.47. The smallest absolute Gasteiger partial charge is 0.268 e. The van der Waals surface area contributed by atoms with Gasteiger partial charge in [0.15, 0.2) is 0 Å². The first-order chi connectivity index (χ1) is 13.0. The van der Waals surface area contributed by atoms with Crippen LogP contribution in [0, 0.1) is 25.7 Å². The molecule has 4 heteroatoms. The first kappa shape index (κ1) is 20.5. The van der Waals surface area contributed by atoms with Crippen LogP contribution in [-0.4, -0.2) is 30.4 Å². The van der Waals surface area contributed by atoms with E-state index in [0.717, 1.165) is 41.7 Å². The summed E-state index contributed by atoms with van der Waals surface area (Å²) in [5.41, 5.74) is 3.45. The molecule has 1 heterocycles. The summed E-state index contributed by atoms with van der Waals surface area (Å²) in [6, 6.07) is 3.87. The van der Waals surface area contributed by atoms with Crippen molar-refractivity contribution in [3.05, 3.63) is 46.5 Å². The highest BCUT2D eigenvalue weighted by Gasteiger charge is 2.24. The Morgan fingerprint density at radius 2 is 2.11 bits per heavy atom. The number of imide groups is 1. The van der Waals surface area contributed by atoms with Crippen molar-refractivity contribution in [1.29, 1.82) is 0 Å². The minimum atomic E-state index is -0.321. The van der Waals surface area contributed by atoms with Crippen molar-refractivity contribution in [1.82, 2.24) is 4.90 Å². The molecule has 0 bridgehead atoms. The zero-order valence-electron chi connectivity index (χ0n) is 16.6. The van der Waals surface area contributed by atoms with Gasteiger partial charge in [-0.1, -0.05) is 37.3 Å². The SMILES string of the molecule is CCCCC#CC1=CCCN(C(=O)/C=C/c2cc(C)c(C)c(OC)c2)C1=O. The molecule has 0 radical (unpaired) electrons. The van der Waals surface area contributed by atoms with Gasteiger partial charge >= 0.3 is 0 Å². The molecular weight excluding hydrogens is 338 g/mol. The molecule has 0 fully saturated rings. The summed E-state index contributed by atoms with van der Waals surface area (Å²) >= 11 is 0. The number of hydrogen-bond acceptors (Lipinski definition) is 3. The number of hydrogen-bond donors (Lipinski definition) is 0. The fraction of sp³-hybridized carbons (Fsp3) is 0.391. The number of carbonyl (C=O) groups is 2. The third-order valence-corrected chi connectivity index (χ3v) is 4.60. The second-order valence-electron chi connectivity index (χ2n) is 6.61. The molecule has 0 atom stereocenters. The maximum Gasteiger partial charge on any atom is 0.268 e. The van der Waals surface area contributed by atoms with Gasteiger partial charge in [-0.15, -0.1) is 0 Å². The van der Waals surface area contributed by atoms with Crippen LogP contribution in [-0.2, 0) is 9.59 Å². The van der Waals surface area contributed by atoms with Crippen molar-refractivity contribution in [3.63, 3.8) is 0 Å². The zero-order chi connectivity index (χ0) is 19.8. The highest BCUT2D eigenvalue weighted by molar-refractivity contribution is 6.11. The van der Waals surface area contributed by atoms with E-state index >= 15 is 0 Å². The molecule has 1 aromatic rings. The molecule has 0 spiro atoms. The van der Waals surface area contributed by atoms with Crippen molar-refractivity contribution < 1.29 is 14.3 Å². The molecule has 0 aliphatic carbocycles. The Hall–Kier alpha value is -2.80. The predicted octanol–water partition coefficient (Wildman–Crippen LogP) is 4.20. The van der Waals surface area contributed by atoms with E-state index in [1.54, 1.807) is 13.2 Å². The number of unbranched alkanes of at least 4 members (excludes halogenated alkanes) is 2. The van der Waals surface area contributed by atoms with Crippen LogP contribution in [0.2, 0.25) is 0 Å². The van der Waals surface area contributed by atoms with Crippen LogP contribution in [0.1, 0.15) is 49.3 Å². The second kappa shape index (κ2) is 9.78. The summed E-state index contributed by atoms with van der Waals surface area (Å²) in [4.78, 5) is 26.3. The summed E-state index contributed by atoms with van der Waals surface area (Å²) < 4.78 is 5.37. The van der Waals surface area contributed by atoms with Gasteiger partial charge in [0.25, 0.3) is 11.8 Å². The number of aryl methyl sites for hydroxylation is 1. The number of carbonyl (C=O) groups excluding carboxylic acids is 2. The monoisotopic (exact) mass is 365 g/mol. The van der Waals surface area contributed by atoms with Gasteiger partial charge in [-0.25, -0.2) is 0 Å². The van der Waals surface area contributed by atoms with Crippen LogP contribution in [0.4, 0.5) is 0 Å². The lowest BCUT2D eigenvalue weighted by Crippen LogP contribution is -2.39. The van der Waals surface area contributed by atoms with Crippen LogP contribution >= 0.6 is 0 Å². The van der Waals surface area contributed by atoms with Gasteiger partial charge < -0.3 is 4.74 Å². The molecule has 1 aliphatic rings. The highest BCUT2D eigenvalue weighted by Crippen LogP contribution is 2.24. The van der Waals surface area contributed by atoms with Crippen molar-refractivity contribution in [3.8, 4) is 17.6 Å². The van der Waals surface area contributed by atoms with Crippen LogP contribution in [0.3, 0.4) is 0 Å². The second-order valence-corrected chi connectivity index (χ2v) is 6.61. The minimum Gasteiger partial charge on any atom is -0.496 e. The van der Waals surface area contributed by atoms with Gasteiger partial charge in [0.1, 0.15) is 5.75 Å². The molecule has 0 aromatic heterocycles. The van der Waals surface area contributed by atoms with Crippen LogP contribution in [0.5, 0.6) is 5.75 Å². The summed E-state index contributed by atoms with van der Waals surface area (Å²) in [5.74, 6) is 6.09. The minimum absolute atomic E-state index is 0.308. The topological polar surface area (TPSA) is 46.6 Å². The van der Waals surface area contributed by atoms with E-state index in [0.29, 0.717) is 18.5 Å². The van der Waals surface area contributed by atoms with E-state index in [1.807, 2.05) is 32.1 Å². The van der Waals surface area contributed by atoms with Crippen LogP contribution < -0.4 is 4.74 Å². The molecular formula is C23H27NO3. The number of methoxy groups -OCH3 is 1. The Morgan fingerprint density at radius 1 is 1.33 bits per heavy atom. The van der Waals surface area contributed by atoms with Crippen molar-refractivity contribution in [2.24, 2.45) is 0 Å². The largest absolute Gasteiger partial charge is 0.496 e. The maximum absolute atomic E-state index is 12.5. The molecule has 2 rings (SSSR count). The third-order valence-electron chi connectivity index (χ3n) is 4.60. The first-order valence-electron chi connectivity index (χ1n) is 9.36. The molecule has 1 aromatic carbocycles. The van der Waals surface area contributed by atoms with E-state index < -0.39 is 0 Å². The van der Waals surface area contributed by atoms with E-state index in [1.165, 1.54) is 11.0 Å². The molecule has 27 heavy (non-hydrogen) atoms. The summed E-state index contributed by atoms with van der Waals surface area (Å²) in [6.45, 7) is 6.48. The van der Waals surface area contributed by atoms with Crippen LogP contribution in [0.25, 0.3) is 6.08 Å². The standard InChI is InChI=1S/C23H27NO3/c1-5-6-7-8-10-20-11-9-14-24(23(20)26)22(25)13-12-19-15-17(2)18(3)21(16-19)27-4/h11-13,15-16H,5-7,9,14H2,1-4H3/b13-12+. The lowest BCUT2D eigenvalue weighted by molar-refractivity contribution is -0.139. The van der Waals surface area contributed by atoms with E-state index in [-0.39, 0.29) is 11.8 Å². The van der Waals surface area contributed by atoms with Gasteiger partial charge in [-0.2, -0.15) is 0 Å². The number of benzene rings is 1. The van der Waals surface area contributed by atoms with Gasteiger partial charge in [0.2, 0.25) is 0 Å². The molecule has 0 N–H and O–H groups in total. The van der Waals surface area contributed by atoms with Crippen molar-refractivity contribution in [2.45, 2.75) is 46.5 Å². The molecule has 142 valence electrons. The Bertz CT molecular complexity index is 837. The lowest BCUT2D eigenvalue weighted by Gasteiger charge is -2.22. The molecule has 0 unspecified atom stereocenters. The fourth-order valence-electron chi connectivity index (χ4n) is 2.83. The van der Waals surface area contributed by atoms with Gasteiger partial charge in [0.05, 0.1) is 12.7 Å². The normalized spacial score (nSPS) is 14.0. The number of rotatable bonds is 5. The van der Waals surface area contributed by atoms with Crippen molar-refractivity contribution >= 4 is 17.9 Å². The van der Waals surface area contributed by atoms with Crippen molar-refractivity contribution in [2.75, 3.05) is 13.7 Å². The highest BCUT2D eigenvalue weighted by atomic mass is 16.5. The van der Waals surface area contributed by atoms with Gasteiger partial charge in [-0.05, 0) is 55.5 Å². The van der Waals surface area contributed by atoms with Gasteiger partial charge in [-0.3, -0.25) is 14.5 Å². The Morgan fingerprint density at radius 3 is 2.81 bits per heavy atom. The third kappa shape index (κ3) is 5.34. The number of ether oxygens (including phenoxy) is 1. The predicted molar refractivity (Wildman–Crippen MR) is 108 cm³/mol. The Kier molecular flexibility index (Phi) is 7.43. The first-order valence-corrected chi connectivity index (χ1v) is 9.36. The molecule has 2 amide bonds. The quantitative estimate of drug-likeness (QED) is 0.446. The van der Waals surface area contributed by atoms with E-state index in [2.05, 4.69) is 18.8 Å². The van der Waals surface area contributed by atoms with Gasteiger partial charge in [0, 0.05) is 19.0 Å². The summed E-state index contributed by atoms with van der Waals surface area (Å²) in [5, 5.41) is 0. The number of nitrogens with zero attached hydrogens (tertiary/aromatic N) is 1. The fourth-order valence-corrected chi connectivity index (χ4v) is 2.83. The molecule has 0 saturated heterocycles. The maximum atomic E-state index is 12.5.